The molecule has 0 radical (unpaired) electrons. The molecule has 1 N–H and O–H groups in total. The lowest BCUT2D eigenvalue weighted by atomic mass is 9.90. The molecule has 1 saturated carbocycles. The molecular formula is C14H17ClO5. The molecule has 6 heteroatoms. The van der Waals surface area contributed by atoms with Crippen molar-refractivity contribution < 1.29 is 24.1 Å². The molecule has 0 amide bonds. The molecule has 1 fully saturated rings. The Kier molecular flexibility index (Phi) is 3.99. The molecule has 1 aromatic rings. The van der Waals surface area contributed by atoms with Gasteiger partial charge in [0.1, 0.15) is 5.75 Å². The maximum absolute atomic E-state index is 11.1. The van der Waals surface area contributed by atoms with Crippen LogP contribution < -0.4 is 14.2 Å². The molecule has 2 rings (SSSR count). The minimum absolute atomic E-state index is 0.0171. The third kappa shape index (κ3) is 2.38. The highest BCUT2D eigenvalue weighted by Crippen LogP contribution is 2.60. The first kappa shape index (κ1) is 14.8. The van der Waals surface area contributed by atoms with Gasteiger partial charge in [0.05, 0.1) is 32.8 Å². The highest BCUT2D eigenvalue weighted by molar-refractivity contribution is 6.32. The number of ether oxygens (including phenoxy) is 3. The summed E-state index contributed by atoms with van der Waals surface area (Å²) in [7, 11) is 4.54. The van der Waals surface area contributed by atoms with Gasteiger partial charge in [-0.2, -0.15) is 0 Å². The number of aliphatic carboxylic acids is 1. The van der Waals surface area contributed by atoms with Gasteiger partial charge in [0, 0.05) is 17.0 Å². The molecule has 0 aromatic heterocycles. The van der Waals surface area contributed by atoms with Crippen LogP contribution in [0.25, 0.3) is 0 Å². The highest BCUT2D eigenvalue weighted by atomic mass is 35.5. The molecule has 0 spiro atoms. The molecule has 0 aliphatic heterocycles. The van der Waals surface area contributed by atoms with Crippen molar-refractivity contribution in [3.8, 4) is 17.2 Å². The minimum Gasteiger partial charge on any atom is -0.495 e. The summed E-state index contributed by atoms with van der Waals surface area (Å²) in [4.78, 5) is 11.1. The zero-order valence-electron chi connectivity index (χ0n) is 11.7. The van der Waals surface area contributed by atoms with E-state index < -0.39 is 11.4 Å². The molecule has 1 aliphatic carbocycles. The monoisotopic (exact) mass is 300 g/mol. The number of carboxylic acid groups (broad SMARTS) is 1. The van der Waals surface area contributed by atoms with Crippen LogP contribution >= 0.6 is 11.6 Å². The van der Waals surface area contributed by atoms with E-state index in [2.05, 4.69) is 0 Å². The summed E-state index contributed by atoms with van der Waals surface area (Å²) in [5, 5.41) is 9.51. The molecule has 1 aliphatic rings. The average molecular weight is 301 g/mol. The first-order valence-corrected chi connectivity index (χ1v) is 6.57. The van der Waals surface area contributed by atoms with E-state index >= 15 is 0 Å². The predicted molar refractivity (Wildman–Crippen MR) is 74.3 cm³/mol. The van der Waals surface area contributed by atoms with Gasteiger partial charge in [0.2, 0.25) is 0 Å². The van der Waals surface area contributed by atoms with E-state index in [1.54, 1.807) is 6.07 Å². The van der Waals surface area contributed by atoms with Crippen molar-refractivity contribution in [3.63, 3.8) is 0 Å². The normalized spacial score (nSPS) is 15.6. The first-order chi connectivity index (χ1) is 9.49. The van der Waals surface area contributed by atoms with Crippen molar-refractivity contribution in [2.45, 2.75) is 24.7 Å². The fourth-order valence-corrected chi connectivity index (χ4v) is 2.85. The minimum atomic E-state index is -0.856. The van der Waals surface area contributed by atoms with Gasteiger partial charge in [-0.3, -0.25) is 4.79 Å². The van der Waals surface area contributed by atoms with Gasteiger partial charge in [-0.1, -0.05) is 11.6 Å². The van der Waals surface area contributed by atoms with Crippen LogP contribution in [0.1, 0.15) is 24.8 Å². The topological polar surface area (TPSA) is 65.0 Å². The standard InChI is InChI=1S/C14H17ClO5/c1-18-9-6-8(15)12(19-2)11(13(9)20-3)14(4-5-14)7-10(16)17/h6H,4-5,7H2,1-3H3,(H,16,17). The van der Waals surface area contributed by atoms with Crippen molar-refractivity contribution in [1.29, 1.82) is 0 Å². The number of carboxylic acids is 1. The van der Waals surface area contributed by atoms with Crippen molar-refractivity contribution in [1.82, 2.24) is 0 Å². The summed E-state index contributed by atoms with van der Waals surface area (Å²) >= 11 is 6.20. The molecule has 20 heavy (non-hydrogen) atoms. The molecule has 1 aromatic carbocycles. The summed E-state index contributed by atoms with van der Waals surface area (Å²) in [6.07, 6.45) is 1.54. The summed E-state index contributed by atoms with van der Waals surface area (Å²) in [6.45, 7) is 0. The van der Waals surface area contributed by atoms with Gasteiger partial charge in [0.15, 0.2) is 11.5 Å². The Balaban J connectivity index is 2.65. The summed E-state index contributed by atoms with van der Waals surface area (Å²) in [5.41, 5.74) is 0.204. The lowest BCUT2D eigenvalue weighted by Crippen LogP contribution is -2.16. The summed E-state index contributed by atoms with van der Waals surface area (Å²) in [6, 6.07) is 1.61. The van der Waals surface area contributed by atoms with Crippen LogP contribution in [0, 0.1) is 0 Å². The van der Waals surface area contributed by atoms with Gasteiger partial charge in [-0.05, 0) is 12.8 Å². The van der Waals surface area contributed by atoms with E-state index in [-0.39, 0.29) is 6.42 Å². The quantitative estimate of drug-likeness (QED) is 0.875. The van der Waals surface area contributed by atoms with Gasteiger partial charge >= 0.3 is 5.97 Å². The van der Waals surface area contributed by atoms with E-state index in [9.17, 15) is 4.79 Å². The lowest BCUT2D eigenvalue weighted by molar-refractivity contribution is -0.137. The molecule has 0 bridgehead atoms. The van der Waals surface area contributed by atoms with E-state index in [1.165, 1.54) is 21.3 Å². The summed E-state index contributed by atoms with van der Waals surface area (Å²) < 4.78 is 16.1. The Morgan fingerprint density at radius 1 is 1.25 bits per heavy atom. The molecule has 0 unspecified atom stereocenters. The second kappa shape index (κ2) is 5.40. The SMILES string of the molecule is COc1cc(Cl)c(OC)c(C2(CC(=O)O)CC2)c1OC. The fourth-order valence-electron chi connectivity index (χ4n) is 2.58. The number of carbonyl (C=O) groups is 1. The Labute approximate surface area is 122 Å². The van der Waals surface area contributed by atoms with Crippen LogP contribution in [0.5, 0.6) is 17.2 Å². The number of benzene rings is 1. The number of halogens is 1. The van der Waals surface area contributed by atoms with Gasteiger partial charge in [0.25, 0.3) is 0 Å². The maximum atomic E-state index is 11.1. The molecule has 0 heterocycles. The molecule has 0 atom stereocenters. The third-order valence-corrected chi connectivity index (χ3v) is 3.94. The van der Waals surface area contributed by atoms with E-state index in [0.717, 1.165) is 12.8 Å². The number of rotatable bonds is 6. The number of hydrogen-bond donors (Lipinski definition) is 1. The van der Waals surface area contributed by atoms with Gasteiger partial charge in [-0.15, -0.1) is 0 Å². The van der Waals surface area contributed by atoms with Crippen LogP contribution in [0.15, 0.2) is 6.07 Å². The fraction of sp³-hybridized carbons (Fsp3) is 0.500. The summed E-state index contributed by atoms with van der Waals surface area (Å²) in [5.74, 6) is 0.575. The highest BCUT2D eigenvalue weighted by Gasteiger charge is 2.50. The Morgan fingerprint density at radius 3 is 2.25 bits per heavy atom. The molecule has 110 valence electrons. The van der Waals surface area contributed by atoms with Crippen molar-refractivity contribution in [3.05, 3.63) is 16.7 Å². The van der Waals surface area contributed by atoms with Crippen LogP contribution in [-0.2, 0) is 10.2 Å². The van der Waals surface area contributed by atoms with Crippen molar-refractivity contribution >= 4 is 17.6 Å². The Bertz CT molecular complexity index is 537. The van der Waals surface area contributed by atoms with Gasteiger partial charge in [-0.25, -0.2) is 0 Å². The Morgan fingerprint density at radius 2 is 1.85 bits per heavy atom. The van der Waals surface area contributed by atoms with Crippen molar-refractivity contribution in [2.24, 2.45) is 0 Å². The second-order valence-electron chi connectivity index (χ2n) is 4.85. The van der Waals surface area contributed by atoms with Crippen LogP contribution in [0.3, 0.4) is 0 Å². The zero-order chi connectivity index (χ0) is 14.9. The number of hydrogen-bond acceptors (Lipinski definition) is 4. The predicted octanol–water partition coefficient (Wildman–Crippen LogP) is 2.87. The van der Waals surface area contributed by atoms with Crippen molar-refractivity contribution in [2.75, 3.05) is 21.3 Å². The van der Waals surface area contributed by atoms with E-state index in [1.807, 2.05) is 0 Å². The molecule has 5 nitrogen and oxygen atoms in total. The zero-order valence-corrected chi connectivity index (χ0v) is 12.4. The van der Waals surface area contributed by atoms with Crippen LogP contribution in [-0.4, -0.2) is 32.4 Å². The van der Waals surface area contributed by atoms with E-state index in [0.29, 0.717) is 27.8 Å². The van der Waals surface area contributed by atoms with E-state index in [4.69, 9.17) is 30.9 Å². The Hall–Kier alpha value is -1.62. The number of methoxy groups -OCH3 is 3. The lowest BCUT2D eigenvalue weighted by Gasteiger charge is -2.23. The van der Waals surface area contributed by atoms with Crippen LogP contribution in [0.4, 0.5) is 0 Å². The second-order valence-corrected chi connectivity index (χ2v) is 5.26. The van der Waals surface area contributed by atoms with Gasteiger partial charge < -0.3 is 19.3 Å². The molecule has 0 saturated heterocycles. The maximum Gasteiger partial charge on any atom is 0.304 e. The smallest absolute Gasteiger partial charge is 0.304 e. The third-order valence-electron chi connectivity index (χ3n) is 3.65. The molecular weight excluding hydrogens is 284 g/mol. The average Bonchev–Trinajstić information content (AvgIpc) is 3.16. The largest absolute Gasteiger partial charge is 0.495 e. The van der Waals surface area contributed by atoms with Crippen LogP contribution in [0.2, 0.25) is 5.02 Å². The first-order valence-electron chi connectivity index (χ1n) is 6.20.